The van der Waals surface area contributed by atoms with E-state index in [2.05, 4.69) is 43.2 Å². The van der Waals surface area contributed by atoms with Crippen LogP contribution >= 0.6 is 0 Å². The van der Waals surface area contributed by atoms with E-state index in [4.69, 9.17) is 0 Å². The van der Waals surface area contributed by atoms with Gasteiger partial charge >= 0.3 is 0 Å². The van der Waals surface area contributed by atoms with Crippen molar-refractivity contribution in [3.63, 3.8) is 0 Å². The molecule has 0 aromatic carbocycles. The molecule has 2 atom stereocenters. The minimum Gasteiger partial charge on any atom is -0.307 e. The van der Waals surface area contributed by atoms with E-state index in [0.717, 1.165) is 0 Å². The van der Waals surface area contributed by atoms with Crippen molar-refractivity contribution < 1.29 is 0 Å². The van der Waals surface area contributed by atoms with Crippen LogP contribution in [0.2, 0.25) is 0 Å². The Morgan fingerprint density at radius 2 is 2.06 bits per heavy atom. The number of pyridine rings is 1. The summed E-state index contributed by atoms with van der Waals surface area (Å²) in [6.45, 7) is 6.97. The molecular weight excluding hydrogens is 196 g/mol. The van der Waals surface area contributed by atoms with Gasteiger partial charge in [0.2, 0.25) is 0 Å². The summed E-state index contributed by atoms with van der Waals surface area (Å²) < 4.78 is 0. The zero-order chi connectivity index (χ0) is 11.6. The minimum absolute atomic E-state index is 0.432. The van der Waals surface area contributed by atoms with Crippen molar-refractivity contribution in [2.24, 2.45) is 5.41 Å². The molecule has 0 saturated heterocycles. The van der Waals surface area contributed by atoms with Gasteiger partial charge in [-0.3, -0.25) is 4.98 Å². The van der Waals surface area contributed by atoms with Crippen molar-refractivity contribution in [3.05, 3.63) is 30.1 Å². The molecule has 1 aliphatic carbocycles. The second kappa shape index (κ2) is 4.54. The molecule has 1 unspecified atom stereocenters. The summed E-state index contributed by atoms with van der Waals surface area (Å²) in [6.07, 6.45) is 7.68. The first-order chi connectivity index (χ1) is 7.57. The third-order valence-electron chi connectivity index (χ3n) is 3.66. The summed E-state index contributed by atoms with van der Waals surface area (Å²) in [5, 5.41) is 3.72. The number of nitrogens with one attached hydrogen (secondary N) is 1. The van der Waals surface area contributed by atoms with Crippen LogP contribution in [0.5, 0.6) is 0 Å². The highest BCUT2D eigenvalue weighted by molar-refractivity contribution is 5.14. The highest BCUT2D eigenvalue weighted by Crippen LogP contribution is 2.37. The number of rotatable bonds is 3. The predicted octanol–water partition coefficient (Wildman–Crippen LogP) is 3.31. The van der Waals surface area contributed by atoms with Crippen LogP contribution in [0.1, 0.15) is 51.6 Å². The maximum atomic E-state index is 4.05. The van der Waals surface area contributed by atoms with Crippen molar-refractivity contribution in [2.75, 3.05) is 0 Å². The van der Waals surface area contributed by atoms with Crippen molar-refractivity contribution in [3.8, 4) is 0 Å². The van der Waals surface area contributed by atoms with Gasteiger partial charge in [-0.25, -0.2) is 0 Å². The largest absolute Gasteiger partial charge is 0.307 e. The van der Waals surface area contributed by atoms with E-state index in [-0.39, 0.29) is 0 Å². The van der Waals surface area contributed by atoms with Crippen LogP contribution in [-0.4, -0.2) is 11.0 Å². The number of hydrogen-bond acceptors (Lipinski definition) is 2. The van der Waals surface area contributed by atoms with Gasteiger partial charge in [-0.1, -0.05) is 13.8 Å². The van der Waals surface area contributed by atoms with Crippen LogP contribution in [0.3, 0.4) is 0 Å². The third kappa shape index (κ3) is 2.82. The summed E-state index contributed by atoms with van der Waals surface area (Å²) in [4.78, 5) is 4.05. The lowest BCUT2D eigenvalue weighted by molar-refractivity contribution is 0.356. The molecule has 1 saturated carbocycles. The average molecular weight is 218 g/mol. The maximum absolute atomic E-state index is 4.05. The molecule has 0 amide bonds. The normalized spacial score (nSPS) is 25.6. The predicted molar refractivity (Wildman–Crippen MR) is 67.2 cm³/mol. The molecule has 0 aliphatic heterocycles. The van der Waals surface area contributed by atoms with E-state index >= 15 is 0 Å². The Kier molecular flexibility index (Phi) is 3.29. The Morgan fingerprint density at radius 1 is 1.38 bits per heavy atom. The first-order valence-corrected chi connectivity index (χ1v) is 6.23. The quantitative estimate of drug-likeness (QED) is 0.842. The Morgan fingerprint density at radius 3 is 2.62 bits per heavy atom. The van der Waals surface area contributed by atoms with Crippen molar-refractivity contribution in [2.45, 2.75) is 52.1 Å². The lowest BCUT2D eigenvalue weighted by Gasteiger charge is -2.21. The molecule has 0 bridgehead atoms. The molecule has 1 fully saturated rings. The summed E-state index contributed by atoms with van der Waals surface area (Å²) in [5.41, 5.74) is 1.86. The van der Waals surface area contributed by atoms with Crippen LogP contribution in [-0.2, 0) is 0 Å². The van der Waals surface area contributed by atoms with Gasteiger partial charge in [0.1, 0.15) is 0 Å². The molecule has 16 heavy (non-hydrogen) atoms. The number of aromatic nitrogens is 1. The Labute approximate surface area is 98.5 Å². The molecule has 0 spiro atoms. The minimum atomic E-state index is 0.432. The Balaban J connectivity index is 1.91. The van der Waals surface area contributed by atoms with Crippen LogP contribution in [0, 0.1) is 5.41 Å². The van der Waals surface area contributed by atoms with Crippen molar-refractivity contribution >= 4 is 0 Å². The smallest absolute Gasteiger partial charge is 0.0295 e. The lowest BCUT2D eigenvalue weighted by atomic mass is 9.91. The first-order valence-electron chi connectivity index (χ1n) is 6.23. The zero-order valence-electron chi connectivity index (χ0n) is 10.5. The van der Waals surface area contributed by atoms with Gasteiger partial charge in [-0.05, 0) is 49.3 Å². The van der Waals surface area contributed by atoms with Gasteiger partial charge in [0, 0.05) is 24.5 Å². The molecule has 0 radical (unpaired) electrons. The van der Waals surface area contributed by atoms with Gasteiger partial charge in [-0.15, -0.1) is 0 Å². The van der Waals surface area contributed by atoms with Crippen LogP contribution in [0.25, 0.3) is 0 Å². The van der Waals surface area contributed by atoms with Crippen molar-refractivity contribution in [1.82, 2.24) is 10.3 Å². The van der Waals surface area contributed by atoms with Crippen LogP contribution < -0.4 is 5.32 Å². The molecule has 1 N–H and O–H groups in total. The molecule has 1 aromatic heterocycles. The zero-order valence-corrected chi connectivity index (χ0v) is 10.5. The fraction of sp³-hybridized carbons (Fsp3) is 0.643. The standard InChI is InChI=1S/C14H22N2/c1-11(12-5-8-15-9-6-12)16-13-4-7-14(2,3)10-13/h5-6,8-9,11,13,16H,4,7,10H2,1-3H3/t11-,13?/m0/s1. The SMILES string of the molecule is C[C@H](NC1CCC(C)(C)C1)c1ccncc1. The fourth-order valence-electron chi connectivity index (χ4n) is 2.68. The first kappa shape index (κ1) is 11.6. The van der Waals surface area contributed by atoms with E-state index in [1.807, 2.05) is 12.4 Å². The van der Waals surface area contributed by atoms with Gasteiger partial charge < -0.3 is 5.32 Å². The molecule has 1 aromatic rings. The fourth-order valence-corrected chi connectivity index (χ4v) is 2.68. The molecule has 2 heteroatoms. The van der Waals surface area contributed by atoms with Gasteiger partial charge in [0.05, 0.1) is 0 Å². The second-order valence-electron chi connectivity index (χ2n) is 5.77. The highest BCUT2D eigenvalue weighted by atomic mass is 15.0. The Hall–Kier alpha value is -0.890. The van der Waals surface area contributed by atoms with Crippen molar-refractivity contribution in [1.29, 1.82) is 0 Å². The third-order valence-corrected chi connectivity index (χ3v) is 3.66. The average Bonchev–Trinajstić information content (AvgIpc) is 2.59. The summed E-state index contributed by atoms with van der Waals surface area (Å²) in [5.74, 6) is 0. The van der Waals surface area contributed by atoms with E-state index in [9.17, 15) is 0 Å². The number of hydrogen-bond donors (Lipinski definition) is 1. The highest BCUT2D eigenvalue weighted by Gasteiger charge is 2.31. The van der Waals surface area contributed by atoms with Crippen LogP contribution in [0.15, 0.2) is 24.5 Å². The lowest BCUT2D eigenvalue weighted by Crippen LogP contribution is -2.30. The van der Waals surface area contributed by atoms with Crippen LogP contribution in [0.4, 0.5) is 0 Å². The molecule has 2 nitrogen and oxygen atoms in total. The molecule has 1 heterocycles. The van der Waals surface area contributed by atoms with E-state index < -0.39 is 0 Å². The van der Waals surface area contributed by atoms with Gasteiger partial charge in [0.25, 0.3) is 0 Å². The topological polar surface area (TPSA) is 24.9 Å². The maximum Gasteiger partial charge on any atom is 0.0295 e. The van der Waals surface area contributed by atoms with Gasteiger partial charge in [-0.2, -0.15) is 0 Å². The molecule has 1 aliphatic rings. The number of nitrogens with zero attached hydrogens (tertiary/aromatic N) is 1. The molecular formula is C14H22N2. The van der Waals surface area contributed by atoms with Gasteiger partial charge in [0.15, 0.2) is 0 Å². The summed E-state index contributed by atoms with van der Waals surface area (Å²) >= 11 is 0. The summed E-state index contributed by atoms with van der Waals surface area (Å²) in [7, 11) is 0. The Bertz CT molecular complexity index is 332. The monoisotopic (exact) mass is 218 g/mol. The van der Waals surface area contributed by atoms with E-state index in [1.165, 1.54) is 24.8 Å². The molecule has 88 valence electrons. The van der Waals surface area contributed by atoms with E-state index in [0.29, 0.717) is 17.5 Å². The molecule has 2 rings (SSSR count). The van der Waals surface area contributed by atoms with E-state index in [1.54, 1.807) is 0 Å². The second-order valence-corrected chi connectivity index (χ2v) is 5.77. The summed E-state index contributed by atoms with van der Waals surface area (Å²) in [6, 6.07) is 5.30.